The molecular weight excluding hydrogens is 247 g/mol. The zero-order valence-corrected chi connectivity index (χ0v) is 10.2. The van der Waals surface area contributed by atoms with Crippen LogP contribution in [0, 0.1) is 0 Å². The van der Waals surface area contributed by atoms with Crippen LogP contribution in [0.25, 0.3) is 0 Å². The molecule has 0 saturated carbocycles. The lowest BCUT2D eigenvalue weighted by atomic mass is 10.2. The van der Waals surface area contributed by atoms with Gasteiger partial charge in [0.25, 0.3) is 0 Å². The quantitative estimate of drug-likeness (QED) is 0.888. The molecule has 0 spiro atoms. The minimum absolute atomic E-state index is 0.0839. The topological polar surface area (TPSA) is 44.5 Å². The second-order valence-electron chi connectivity index (χ2n) is 3.85. The second-order valence-corrected chi connectivity index (χ2v) is 3.85. The third-order valence-electron chi connectivity index (χ3n) is 2.18. The molecule has 2 N–H and O–H groups in total. The highest BCUT2D eigenvalue weighted by atomic mass is 19.4. The molecule has 0 saturated heterocycles. The maximum absolute atomic E-state index is 12.7. The van der Waals surface area contributed by atoms with E-state index in [1.165, 1.54) is 19.1 Å². The maximum atomic E-state index is 12.7. The molecule has 0 aliphatic carbocycles. The highest BCUT2D eigenvalue weighted by Crippen LogP contribution is 2.28. The van der Waals surface area contributed by atoms with E-state index >= 15 is 0 Å². The van der Waals surface area contributed by atoms with E-state index in [4.69, 9.17) is 15.2 Å². The number of ether oxygens (including phenoxy) is 2. The van der Waals surface area contributed by atoms with Crippen LogP contribution < -0.4 is 15.2 Å². The molecule has 0 aliphatic rings. The van der Waals surface area contributed by atoms with Crippen LogP contribution in [-0.4, -0.2) is 24.9 Å². The Balaban J connectivity index is 2.84. The third-order valence-corrected chi connectivity index (χ3v) is 2.18. The van der Waals surface area contributed by atoms with Gasteiger partial charge in [-0.25, -0.2) is 0 Å². The summed E-state index contributed by atoms with van der Waals surface area (Å²) in [5, 5.41) is 0. The van der Waals surface area contributed by atoms with Gasteiger partial charge in [0.05, 0.1) is 6.61 Å². The average Bonchev–Trinajstić information content (AvgIpc) is 2.25. The lowest BCUT2D eigenvalue weighted by molar-refractivity contribution is -0.199. The smallest absolute Gasteiger partial charge is 0.426 e. The van der Waals surface area contributed by atoms with Gasteiger partial charge in [0.1, 0.15) is 11.5 Å². The molecule has 0 aliphatic heterocycles. The highest BCUT2D eigenvalue weighted by Gasteiger charge is 2.44. The molecule has 3 nitrogen and oxygen atoms in total. The number of hydrogen-bond acceptors (Lipinski definition) is 3. The zero-order valence-electron chi connectivity index (χ0n) is 10.2. The third kappa shape index (κ3) is 4.10. The van der Waals surface area contributed by atoms with Gasteiger partial charge in [-0.15, -0.1) is 0 Å². The van der Waals surface area contributed by atoms with Crippen molar-refractivity contribution in [1.82, 2.24) is 0 Å². The van der Waals surface area contributed by atoms with Crippen molar-refractivity contribution >= 4 is 0 Å². The molecule has 18 heavy (non-hydrogen) atoms. The maximum Gasteiger partial charge on any atom is 0.426 e. The van der Waals surface area contributed by atoms with Crippen LogP contribution in [0.4, 0.5) is 13.2 Å². The minimum atomic E-state index is -4.50. The van der Waals surface area contributed by atoms with Gasteiger partial charge in [-0.1, -0.05) is 6.07 Å². The van der Waals surface area contributed by atoms with Gasteiger partial charge in [0, 0.05) is 12.1 Å². The van der Waals surface area contributed by atoms with E-state index in [1.807, 2.05) is 0 Å². The van der Waals surface area contributed by atoms with Crippen LogP contribution >= 0.6 is 0 Å². The van der Waals surface area contributed by atoms with E-state index in [-0.39, 0.29) is 5.75 Å². The number of hydrogen-bond donors (Lipinski definition) is 1. The van der Waals surface area contributed by atoms with E-state index in [0.717, 1.165) is 0 Å². The number of rotatable bonds is 5. The Hall–Kier alpha value is -1.43. The molecule has 102 valence electrons. The standard InChI is InChI=1S/C12H16F3NO2/c1-3-17-9-5-4-6-10(7-9)18-11(8(2)16)12(13,14)15/h4-8,11H,3,16H2,1-2H3. The second kappa shape index (κ2) is 5.95. The van der Waals surface area contributed by atoms with Crippen molar-refractivity contribution in [2.45, 2.75) is 32.2 Å². The highest BCUT2D eigenvalue weighted by molar-refractivity contribution is 5.33. The van der Waals surface area contributed by atoms with Crippen molar-refractivity contribution in [1.29, 1.82) is 0 Å². The molecule has 0 amide bonds. The summed E-state index contributed by atoms with van der Waals surface area (Å²) in [6, 6.07) is 4.90. The molecule has 1 aromatic rings. The lowest BCUT2D eigenvalue weighted by Crippen LogP contribution is -2.47. The Labute approximate surface area is 104 Å². The van der Waals surface area contributed by atoms with Crippen molar-refractivity contribution in [3.63, 3.8) is 0 Å². The average molecular weight is 263 g/mol. The Morgan fingerprint density at radius 2 is 1.89 bits per heavy atom. The van der Waals surface area contributed by atoms with Crippen LogP contribution in [-0.2, 0) is 0 Å². The Bertz CT molecular complexity index is 380. The lowest BCUT2D eigenvalue weighted by Gasteiger charge is -2.24. The first-order valence-corrected chi connectivity index (χ1v) is 5.56. The molecule has 6 heteroatoms. The summed E-state index contributed by atoms with van der Waals surface area (Å²) in [5.74, 6) is 0.543. The number of alkyl halides is 3. The first-order valence-electron chi connectivity index (χ1n) is 5.56. The van der Waals surface area contributed by atoms with Gasteiger partial charge in [0.15, 0.2) is 0 Å². The van der Waals surface area contributed by atoms with Gasteiger partial charge in [0.2, 0.25) is 6.10 Å². The van der Waals surface area contributed by atoms with Gasteiger partial charge in [-0.2, -0.15) is 13.2 Å². The molecule has 1 aromatic carbocycles. The fraction of sp³-hybridized carbons (Fsp3) is 0.500. The molecule has 1 rings (SSSR count). The summed E-state index contributed by atoms with van der Waals surface area (Å²) in [6.07, 6.45) is -6.54. The Kier molecular flexibility index (Phi) is 4.84. The normalized spacial score (nSPS) is 15.0. The molecule has 2 atom stereocenters. The van der Waals surface area contributed by atoms with Crippen LogP contribution in [0.3, 0.4) is 0 Å². The molecule has 0 heterocycles. The zero-order chi connectivity index (χ0) is 13.8. The van der Waals surface area contributed by atoms with Crippen LogP contribution in [0.2, 0.25) is 0 Å². The Morgan fingerprint density at radius 3 is 2.39 bits per heavy atom. The molecule has 0 fully saturated rings. The first kappa shape index (κ1) is 14.6. The summed E-state index contributed by atoms with van der Waals surface area (Å²) in [7, 11) is 0. The van der Waals surface area contributed by atoms with Crippen LogP contribution in [0.15, 0.2) is 24.3 Å². The van der Waals surface area contributed by atoms with E-state index in [0.29, 0.717) is 12.4 Å². The fourth-order valence-electron chi connectivity index (χ4n) is 1.42. The van der Waals surface area contributed by atoms with Crippen molar-refractivity contribution < 1.29 is 22.6 Å². The van der Waals surface area contributed by atoms with E-state index < -0.39 is 18.3 Å². The molecule has 2 unspecified atom stereocenters. The number of nitrogens with two attached hydrogens (primary N) is 1. The predicted molar refractivity (Wildman–Crippen MR) is 61.7 cm³/mol. The Morgan fingerprint density at radius 1 is 1.28 bits per heavy atom. The largest absolute Gasteiger partial charge is 0.494 e. The molecular formula is C12H16F3NO2. The summed E-state index contributed by atoms with van der Waals surface area (Å²) in [4.78, 5) is 0. The molecule has 0 aromatic heterocycles. The van der Waals surface area contributed by atoms with Gasteiger partial charge in [-0.3, -0.25) is 0 Å². The SMILES string of the molecule is CCOc1cccc(OC(C(C)N)C(F)(F)F)c1. The van der Waals surface area contributed by atoms with Crippen LogP contribution in [0.1, 0.15) is 13.8 Å². The monoisotopic (exact) mass is 263 g/mol. The van der Waals surface area contributed by atoms with Gasteiger partial charge >= 0.3 is 6.18 Å². The van der Waals surface area contributed by atoms with Crippen molar-refractivity contribution in [2.75, 3.05) is 6.61 Å². The number of benzene rings is 1. The summed E-state index contributed by atoms with van der Waals surface area (Å²) in [5.41, 5.74) is 5.29. The minimum Gasteiger partial charge on any atom is -0.494 e. The van der Waals surface area contributed by atoms with Crippen molar-refractivity contribution in [3.05, 3.63) is 24.3 Å². The van der Waals surface area contributed by atoms with E-state index in [2.05, 4.69) is 0 Å². The number of halogens is 3. The first-order chi connectivity index (χ1) is 8.34. The van der Waals surface area contributed by atoms with Crippen molar-refractivity contribution in [3.8, 4) is 11.5 Å². The summed E-state index contributed by atoms with van der Waals surface area (Å²) < 4.78 is 48.1. The van der Waals surface area contributed by atoms with Crippen LogP contribution in [0.5, 0.6) is 11.5 Å². The summed E-state index contributed by atoms with van der Waals surface area (Å²) >= 11 is 0. The molecule has 0 bridgehead atoms. The fourth-order valence-corrected chi connectivity index (χ4v) is 1.42. The van der Waals surface area contributed by atoms with Gasteiger partial charge < -0.3 is 15.2 Å². The summed E-state index contributed by atoms with van der Waals surface area (Å²) in [6.45, 7) is 3.47. The molecule has 0 radical (unpaired) electrons. The predicted octanol–water partition coefficient (Wildman–Crippen LogP) is 2.74. The van der Waals surface area contributed by atoms with Gasteiger partial charge in [-0.05, 0) is 26.0 Å². The van der Waals surface area contributed by atoms with E-state index in [1.54, 1.807) is 19.1 Å². The van der Waals surface area contributed by atoms with Crippen molar-refractivity contribution in [2.24, 2.45) is 5.73 Å². The van der Waals surface area contributed by atoms with E-state index in [9.17, 15) is 13.2 Å².